The molecular formula is C16H16O3. The maximum atomic E-state index is 11.6. The van der Waals surface area contributed by atoms with E-state index in [1.54, 1.807) is 7.11 Å². The predicted molar refractivity (Wildman–Crippen MR) is 73.7 cm³/mol. The Morgan fingerprint density at radius 2 is 1.84 bits per heavy atom. The van der Waals surface area contributed by atoms with Crippen LogP contribution in [0, 0.1) is 6.92 Å². The number of carboxylic acids is 1. The SMILES string of the molecule is COc1ccc(C)cc1C(C(=O)O)c1ccccc1. The van der Waals surface area contributed by atoms with Crippen molar-refractivity contribution in [3.63, 3.8) is 0 Å². The third-order valence-corrected chi connectivity index (χ3v) is 3.08. The number of aryl methyl sites for hydroxylation is 1. The van der Waals surface area contributed by atoms with Gasteiger partial charge < -0.3 is 9.84 Å². The van der Waals surface area contributed by atoms with Gasteiger partial charge in [0.1, 0.15) is 11.7 Å². The predicted octanol–water partition coefficient (Wildman–Crippen LogP) is 3.22. The molecule has 0 saturated carbocycles. The fraction of sp³-hybridized carbons (Fsp3) is 0.188. The highest BCUT2D eigenvalue weighted by atomic mass is 16.5. The van der Waals surface area contributed by atoms with E-state index >= 15 is 0 Å². The quantitative estimate of drug-likeness (QED) is 0.913. The number of aliphatic carboxylic acids is 1. The number of carboxylic acid groups (broad SMARTS) is 1. The summed E-state index contributed by atoms with van der Waals surface area (Å²) < 4.78 is 5.29. The zero-order chi connectivity index (χ0) is 13.8. The van der Waals surface area contributed by atoms with Crippen LogP contribution in [0.3, 0.4) is 0 Å². The zero-order valence-corrected chi connectivity index (χ0v) is 11.0. The molecule has 0 aliphatic rings. The minimum absolute atomic E-state index is 0.599. The molecule has 2 aromatic carbocycles. The van der Waals surface area contributed by atoms with E-state index in [2.05, 4.69) is 0 Å². The smallest absolute Gasteiger partial charge is 0.315 e. The maximum absolute atomic E-state index is 11.6. The van der Waals surface area contributed by atoms with Gasteiger partial charge in [-0.1, -0.05) is 48.0 Å². The van der Waals surface area contributed by atoms with E-state index in [9.17, 15) is 9.90 Å². The number of rotatable bonds is 4. The van der Waals surface area contributed by atoms with Crippen LogP contribution in [-0.4, -0.2) is 18.2 Å². The van der Waals surface area contributed by atoms with E-state index in [1.165, 1.54) is 0 Å². The fourth-order valence-electron chi connectivity index (χ4n) is 2.18. The molecule has 0 aromatic heterocycles. The van der Waals surface area contributed by atoms with Crippen LogP contribution in [-0.2, 0) is 4.79 Å². The van der Waals surface area contributed by atoms with Crippen molar-refractivity contribution in [1.29, 1.82) is 0 Å². The molecule has 0 aliphatic carbocycles. The summed E-state index contributed by atoms with van der Waals surface area (Å²) in [4.78, 5) is 11.6. The third kappa shape index (κ3) is 2.76. The van der Waals surface area contributed by atoms with E-state index in [1.807, 2.05) is 55.5 Å². The lowest BCUT2D eigenvalue weighted by atomic mass is 9.90. The Bertz CT molecular complexity index is 576. The summed E-state index contributed by atoms with van der Waals surface area (Å²) in [6.07, 6.45) is 0. The lowest BCUT2D eigenvalue weighted by Gasteiger charge is -2.17. The van der Waals surface area contributed by atoms with Crippen molar-refractivity contribution in [2.24, 2.45) is 0 Å². The molecule has 0 saturated heterocycles. The molecule has 0 heterocycles. The molecular weight excluding hydrogens is 240 g/mol. The Morgan fingerprint density at radius 1 is 1.16 bits per heavy atom. The largest absolute Gasteiger partial charge is 0.496 e. The first-order valence-corrected chi connectivity index (χ1v) is 6.05. The van der Waals surface area contributed by atoms with Crippen LogP contribution < -0.4 is 4.74 Å². The Hall–Kier alpha value is -2.29. The van der Waals surface area contributed by atoms with Gasteiger partial charge in [-0.25, -0.2) is 0 Å². The van der Waals surface area contributed by atoms with E-state index in [4.69, 9.17) is 4.74 Å². The number of hydrogen-bond donors (Lipinski definition) is 1. The monoisotopic (exact) mass is 256 g/mol. The number of carbonyl (C=O) groups is 1. The highest BCUT2D eigenvalue weighted by molar-refractivity contribution is 5.81. The van der Waals surface area contributed by atoms with Crippen molar-refractivity contribution in [1.82, 2.24) is 0 Å². The molecule has 2 rings (SSSR count). The van der Waals surface area contributed by atoms with Crippen molar-refractivity contribution in [2.45, 2.75) is 12.8 Å². The second-order valence-corrected chi connectivity index (χ2v) is 4.43. The molecule has 0 radical (unpaired) electrons. The van der Waals surface area contributed by atoms with E-state index in [-0.39, 0.29) is 0 Å². The Kier molecular flexibility index (Phi) is 3.85. The summed E-state index contributed by atoms with van der Waals surface area (Å²) in [6.45, 7) is 1.94. The lowest BCUT2D eigenvalue weighted by Crippen LogP contribution is -2.14. The number of ether oxygens (including phenoxy) is 1. The van der Waals surface area contributed by atoms with E-state index in [0.29, 0.717) is 11.3 Å². The summed E-state index contributed by atoms with van der Waals surface area (Å²) in [7, 11) is 1.55. The summed E-state index contributed by atoms with van der Waals surface area (Å²) in [5.74, 6) is -0.993. The fourth-order valence-corrected chi connectivity index (χ4v) is 2.18. The number of benzene rings is 2. The molecule has 0 spiro atoms. The molecule has 0 amide bonds. The van der Waals surface area contributed by atoms with Crippen LogP contribution in [0.5, 0.6) is 5.75 Å². The van der Waals surface area contributed by atoms with Crippen LogP contribution in [0.4, 0.5) is 0 Å². The van der Waals surface area contributed by atoms with Gasteiger partial charge in [0.15, 0.2) is 0 Å². The minimum atomic E-state index is -0.880. The summed E-state index contributed by atoms with van der Waals surface area (Å²) in [5, 5.41) is 9.54. The van der Waals surface area contributed by atoms with Crippen molar-refractivity contribution < 1.29 is 14.6 Å². The van der Waals surface area contributed by atoms with Gasteiger partial charge in [-0.2, -0.15) is 0 Å². The van der Waals surface area contributed by atoms with E-state index < -0.39 is 11.9 Å². The average Bonchev–Trinajstić information content (AvgIpc) is 2.40. The van der Waals surface area contributed by atoms with Crippen molar-refractivity contribution >= 4 is 5.97 Å². The van der Waals surface area contributed by atoms with Crippen molar-refractivity contribution in [3.05, 3.63) is 65.2 Å². The standard InChI is InChI=1S/C16H16O3/c1-11-8-9-14(19-2)13(10-11)15(16(17)18)12-6-4-3-5-7-12/h3-10,15H,1-2H3,(H,17,18). The highest BCUT2D eigenvalue weighted by Gasteiger charge is 2.25. The van der Waals surface area contributed by atoms with Crippen molar-refractivity contribution in [3.8, 4) is 5.75 Å². The second-order valence-electron chi connectivity index (χ2n) is 4.43. The van der Waals surface area contributed by atoms with Gasteiger partial charge >= 0.3 is 5.97 Å². The number of methoxy groups -OCH3 is 1. The van der Waals surface area contributed by atoms with Gasteiger partial charge in [0, 0.05) is 5.56 Å². The van der Waals surface area contributed by atoms with Gasteiger partial charge in [-0.05, 0) is 18.6 Å². The molecule has 98 valence electrons. The average molecular weight is 256 g/mol. The van der Waals surface area contributed by atoms with Crippen LogP contribution in [0.15, 0.2) is 48.5 Å². The van der Waals surface area contributed by atoms with Gasteiger partial charge in [0.2, 0.25) is 0 Å². The van der Waals surface area contributed by atoms with Crippen LogP contribution in [0.25, 0.3) is 0 Å². The molecule has 0 bridgehead atoms. The normalized spacial score (nSPS) is 11.9. The Balaban J connectivity index is 2.57. The molecule has 0 aliphatic heterocycles. The molecule has 19 heavy (non-hydrogen) atoms. The van der Waals surface area contributed by atoms with Gasteiger partial charge in [-0.3, -0.25) is 4.79 Å². The topological polar surface area (TPSA) is 46.5 Å². The first kappa shape index (κ1) is 13.1. The molecule has 3 nitrogen and oxygen atoms in total. The first-order valence-electron chi connectivity index (χ1n) is 6.05. The third-order valence-electron chi connectivity index (χ3n) is 3.08. The summed E-state index contributed by atoms with van der Waals surface area (Å²) in [5.41, 5.74) is 2.44. The summed E-state index contributed by atoms with van der Waals surface area (Å²) >= 11 is 0. The number of hydrogen-bond acceptors (Lipinski definition) is 2. The Morgan fingerprint density at radius 3 is 2.42 bits per heavy atom. The Labute approximate surface area is 112 Å². The highest BCUT2D eigenvalue weighted by Crippen LogP contribution is 2.32. The van der Waals surface area contributed by atoms with Gasteiger partial charge in [0.25, 0.3) is 0 Å². The first-order chi connectivity index (χ1) is 9.13. The summed E-state index contributed by atoms with van der Waals surface area (Å²) in [6, 6.07) is 14.8. The minimum Gasteiger partial charge on any atom is -0.496 e. The van der Waals surface area contributed by atoms with Crippen molar-refractivity contribution in [2.75, 3.05) is 7.11 Å². The molecule has 3 heteroatoms. The van der Waals surface area contributed by atoms with Gasteiger partial charge in [0.05, 0.1) is 7.11 Å². The molecule has 2 aromatic rings. The molecule has 1 N–H and O–H groups in total. The zero-order valence-electron chi connectivity index (χ0n) is 11.0. The van der Waals surface area contributed by atoms with Crippen LogP contribution in [0.1, 0.15) is 22.6 Å². The second kappa shape index (κ2) is 5.57. The van der Waals surface area contributed by atoms with E-state index in [0.717, 1.165) is 11.1 Å². The lowest BCUT2D eigenvalue weighted by molar-refractivity contribution is -0.137. The maximum Gasteiger partial charge on any atom is 0.315 e. The molecule has 1 atom stereocenters. The molecule has 1 unspecified atom stereocenters. The van der Waals surface area contributed by atoms with Crippen LogP contribution >= 0.6 is 0 Å². The molecule has 0 fully saturated rings. The van der Waals surface area contributed by atoms with Crippen LogP contribution in [0.2, 0.25) is 0 Å². The van der Waals surface area contributed by atoms with Gasteiger partial charge in [-0.15, -0.1) is 0 Å².